The van der Waals surface area contributed by atoms with Gasteiger partial charge in [0.25, 0.3) is 0 Å². The quantitative estimate of drug-likeness (QED) is 0.797. The molecule has 0 spiro atoms. The van der Waals surface area contributed by atoms with E-state index in [1.54, 1.807) is 0 Å². The van der Waals surface area contributed by atoms with Gasteiger partial charge in [0.15, 0.2) is 0 Å². The Balaban J connectivity index is 1.42. The molecule has 3 fully saturated rings. The fraction of sp³-hybridized carbons (Fsp3) is 0.773. The maximum atomic E-state index is 12.9. The lowest BCUT2D eigenvalue weighted by Crippen LogP contribution is -2.41. The molecule has 148 valence electrons. The van der Waals surface area contributed by atoms with Gasteiger partial charge in [-0.05, 0) is 44.6 Å². The van der Waals surface area contributed by atoms with Gasteiger partial charge in [-0.15, -0.1) is 0 Å². The molecule has 5 heteroatoms. The van der Waals surface area contributed by atoms with Crippen molar-refractivity contribution in [1.82, 2.24) is 19.8 Å². The predicted octanol–water partition coefficient (Wildman–Crippen LogP) is 3.43. The van der Waals surface area contributed by atoms with Gasteiger partial charge in [-0.2, -0.15) is 0 Å². The largest absolute Gasteiger partial charge is 0.341 e. The molecule has 3 aliphatic rings. The first-order valence-electron chi connectivity index (χ1n) is 11.1. The van der Waals surface area contributed by atoms with Gasteiger partial charge in [0.1, 0.15) is 5.82 Å². The van der Waals surface area contributed by atoms with Crippen LogP contribution in [0, 0.1) is 11.8 Å². The Kier molecular flexibility index (Phi) is 6.06. The van der Waals surface area contributed by atoms with Crippen LogP contribution in [0.3, 0.4) is 0 Å². The van der Waals surface area contributed by atoms with Crippen molar-refractivity contribution in [2.24, 2.45) is 11.8 Å². The zero-order valence-electron chi connectivity index (χ0n) is 16.8. The monoisotopic (exact) mass is 370 g/mol. The second kappa shape index (κ2) is 8.68. The lowest BCUT2D eigenvalue weighted by molar-refractivity contribution is -0.134. The molecular formula is C22H34N4O. The molecule has 0 unspecified atom stereocenters. The molecule has 2 aliphatic heterocycles. The Morgan fingerprint density at radius 1 is 1.07 bits per heavy atom. The Morgan fingerprint density at radius 3 is 2.56 bits per heavy atom. The summed E-state index contributed by atoms with van der Waals surface area (Å²) in [7, 11) is 0. The summed E-state index contributed by atoms with van der Waals surface area (Å²) in [5, 5.41) is 0. The van der Waals surface area contributed by atoms with E-state index in [9.17, 15) is 4.79 Å². The zero-order valence-corrected chi connectivity index (χ0v) is 16.8. The van der Waals surface area contributed by atoms with E-state index in [2.05, 4.69) is 26.7 Å². The molecule has 0 aromatic carbocycles. The molecule has 0 bridgehead atoms. The van der Waals surface area contributed by atoms with Crippen LogP contribution in [0.1, 0.15) is 69.7 Å². The van der Waals surface area contributed by atoms with Crippen LogP contribution < -0.4 is 0 Å². The molecule has 0 N–H and O–H groups in total. The molecule has 3 heterocycles. The molecular weight excluding hydrogens is 336 g/mol. The number of nitrogens with zero attached hydrogens (tertiary/aromatic N) is 4. The van der Waals surface area contributed by atoms with Gasteiger partial charge in [0.2, 0.25) is 5.91 Å². The lowest BCUT2D eigenvalue weighted by Gasteiger charge is -2.30. The van der Waals surface area contributed by atoms with Crippen molar-refractivity contribution in [1.29, 1.82) is 0 Å². The first-order valence-corrected chi connectivity index (χ1v) is 11.1. The van der Waals surface area contributed by atoms with Crippen LogP contribution in [0.15, 0.2) is 12.4 Å². The van der Waals surface area contributed by atoms with Crippen LogP contribution in [-0.4, -0.2) is 51.4 Å². The van der Waals surface area contributed by atoms with Gasteiger partial charge in [0, 0.05) is 56.0 Å². The highest BCUT2D eigenvalue weighted by molar-refractivity contribution is 5.79. The minimum absolute atomic E-state index is 0.306. The highest BCUT2D eigenvalue weighted by Crippen LogP contribution is 2.34. The minimum atomic E-state index is 0.306. The third-order valence-electron chi connectivity index (χ3n) is 6.78. The number of hydrogen-bond donors (Lipinski definition) is 0. The van der Waals surface area contributed by atoms with Gasteiger partial charge < -0.3 is 4.90 Å². The molecule has 4 rings (SSSR count). The molecule has 1 amide bonds. The van der Waals surface area contributed by atoms with Crippen molar-refractivity contribution in [3.63, 3.8) is 0 Å². The molecule has 0 radical (unpaired) electrons. The average molecular weight is 371 g/mol. The van der Waals surface area contributed by atoms with Crippen LogP contribution in [0.25, 0.3) is 0 Å². The number of carbonyl (C=O) groups is 1. The first kappa shape index (κ1) is 18.9. The Morgan fingerprint density at radius 2 is 1.81 bits per heavy atom. The standard InChI is InChI=1S/C22H34N4O/c1-2-7-21-23-12-17(13-24-21)14-25-11-6-5-10-19-15-26(16-20(19)25)22(27)18-8-3-4-9-18/h12-13,18-20H,2-11,14-16H2,1H3/t19-,20+/m0/s1. The van der Waals surface area contributed by atoms with E-state index in [1.807, 2.05) is 12.4 Å². The Labute approximate surface area is 163 Å². The van der Waals surface area contributed by atoms with Crippen molar-refractivity contribution in [3.8, 4) is 0 Å². The van der Waals surface area contributed by atoms with Crippen molar-refractivity contribution in [2.45, 2.75) is 77.3 Å². The highest BCUT2D eigenvalue weighted by atomic mass is 16.2. The number of aromatic nitrogens is 2. The number of rotatable bonds is 5. The second-order valence-electron chi connectivity index (χ2n) is 8.78. The topological polar surface area (TPSA) is 49.3 Å². The fourth-order valence-electron chi connectivity index (χ4n) is 5.30. The number of likely N-dealkylation sites (tertiary alicyclic amines) is 2. The van der Waals surface area contributed by atoms with E-state index in [4.69, 9.17) is 0 Å². The molecule has 1 aromatic rings. The van der Waals surface area contributed by atoms with Gasteiger partial charge in [-0.3, -0.25) is 9.69 Å². The van der Waals surface area contributed by atoms with Gasteiger partial charge in [-0.1, -0.05) is 26.2 Å². The Hall–Kier alpha value is -1.49. The van der Waals surface area contributed by atoms with Crippen molar-refractivity contribution < 1.29 is 4.79 Å². The third kappa shape index (κ3) is 4.34. The van der Waals surface area contributed by atoms with Gasteiger partial charge >= 0.3 is 0 Å². The first-order chi connectivity index (χ1) is 13.2. The molecule has 1 saturated carbocycles. The van der Waals surface area contributed by atoms with E-state index in [0.717, 1.165) is 57.7 Å². The summed E-state index contributed by atoms with van der Waals surface area (Å²) in [6, 6.07) is 0.508. The fourth-order valence-corrected chi connectivity index (χ4v) is 5.30. The lowest BCUT2D eigenvalue weighted by atomic mass is 9.98. The van der Waals surface area contributed by atoms with Crippen molar-refractivity contribution in [3.05, 3.63) is 23.8 Å². The maximum absolute atomic E-state index is 12.9. The Bertz CT molecular complexity index is 626. The molecule has 2 atom stereocenters. The molecule has 2 saturated heterocycles. The van der Waals surface area contributed by atoms with Gasteiger partial charge in [-0.25, -0.2) is 9.97 Å². The zero-order chi connectivity index (χ0) is 18.6. The van der Waals surface area contributed by atoms with Crippen LogP contribution in [-0.2, 0) is 17.8 Å². The summed E-state index contributed by atoms with van der Waals surface area (Å²) in [6.07, 6.45) is 14.5. The smallest absolute Gasteiger partial charge is 0.225 e. The number of carbonyl (C=O) groups excluding carboxylic acids is 1. The van der Waals surface area contributed by atoms with Gasteiger partial charge in [0.05, 0.1) is 0 Å². The number of fused-ring (bicyclic) bond motifs is 1. The normalized spacial score (nSPS) is 26.9. The summed E-state index contributed by atoms with van der Waals surface area (Å²) in [6.45, 7) is 6.10. The summed E-state index contributed by atoms with van der Waals surface area (Å²) in [5.74, 6) is 2.33. The summed E-state index contributed by atoms with van der Waals surface area (Å²) in [4.78, 5) is 26.8. The number of amides is 1. The highest BCUT2D eigenvalue weighted by Gasteiger charge is 2.41. The van der Waals surface area contributed by atoms with E-state index in [0.29, 0.717) is 23.8 Å². The SMILES string of the molecule is CCCc1ncc(CN2CCCC[C@H]3CN(C(=O)C4CCCC4)C[C@H]32)cn1. The second-order valence-corrected chi connectivity index (χ2v) is 8.78. The molecule has 5 nitrogen and oxygen atoms in total. The van der Waals surface area contributed by atoms with Crippen LogP contribution >= 0.6 is 0 Å². The number of hydrogen-bond acceptors (Lipinski definition) is 4. The molecule has 27 heavy (non-hydrogen) atoms. The van der Waals surface area contributed by atoms with E-state index in [-0.39, 0.29) is 0 Å². The summed E-state index contributed by atoms with van der Waals surface area (Å²) < 4.78 is 0. The van der Waals surface area contributed by atoms with Crippen molar-refractivity contribution >= 4 is 5.91 Å². The van der Waals surface area contributed by atoms with Crippen LogP contribution in [0.4, 0.5) is 0 Å². The van der Waals surface area contributed by atoms with Crippen molar-refractivity contribution in [2.75, 3.05) is 19.6 Å². The van der Waals surface area contributed by atoms with Crippen LogP contribution in [0.2, 0.25) is 0 Å². The van der Waals surface area contributed by atoms with E-state index >= 15 is 0 Å². The average Bonchev–Trinajstić information content (AvgIpc) is 3.32. The molecule has 1 aromatic heterocycles. The maximum Gasteiger partial charge on any atom is 0.225 e. The number of aryl methyl sites for hydroxylation is 1. The van der Waals surface area contributed by atoms with E-state index in [1.165, 1.54) is 37.7 Å². The van der Waals surface area contributed by atoms with E-state index < -0.39 is 0 Å². The minimum Gasteiger partial charge on any atom is -0.341 e. The summed E-state index contributed by atoms with van der Waals surface area (Å²) >= 11 is 0. The molecule has 1 aliphatic carbocycles. The third-order valence-corrected chi connectivity index (χ3v) is 6.78. The van der Waals surface area contributed by atoms with Crippen LogP contribution in [0.5, 0.6) is 0 Å². The summed E-state index contributed by atoms with van der Waals surface area (Å²) in [5.41, 5.74) is 1.20. The predicted molar refractivity (Wildman–Crippen MR) is 106 cm³/mol.